The minimum absolute atomic E-state index is 0.00125. The second-order valence-electron chi connectivity index (χ2n) is 4.08. The Morgan fingerprint density at radius 1 is 1.39 bits per heavy atom. The van der Waals surface area contributed by atoms with Crippen molar-refractivity contribution in [1.82, 2.24) is 10.3 Å². The molecule has 5 nitrogen and oxygen atoms in total. The van der Waals surface area contributed by atoms with Crippen molar-refractivity contribution in [1.29, 1.82) is 0 Å². The van der Waals surface area contributed by atoms with Crippen molar-refractivity contribution in [2.75, 3.05) is 7.05 Å². The Hall–Kier alpha value is -1.95. The van der Waals surface area contributed by atoms with Crippen LogP contribution < -0.4 is 5.32 Å². The summed E-state index contributed by atoms with van der Waals surface area (Å²) >= 11 is 4.88. The molecule has 18 heavy (non-hydrogen) atoms. The van der Waals surface area contributed by atoms with Gasteiger partial charge in [-0.1, -0.05) is 11.6 Å². The fourth-order valence-electron chi connectivity index (χ4n) is 1.87. The fraction of sp³-hybridized carbons (Fsp3) is 0.250. The Balaban J connectivity index is 2.60. The van der Waals surface area contributed by atoms with Crippen molar-refractivity contribution in [2.45, 2.75) is 13.8 Å². The minimum atomic E-state index is 0.00125. The van der Waals surface area contributed by atoms with E-state index in [0.717, 1.165) is 22.0 Å². The zero-order valence-electron chi connectivity index (χ0n) is 10.4. The Labute approximate surface area is 110 Å². The van der Waals surface area contributed by atoms with E-state index in [-0.39, 0.29) is 11.0 Å². The van der Waals surface area contributed by atoms with E-state index in [9.17, 15) is 5.11 Å². The molecule has 94 valence electrons. The van der Waals surface area contributed by atoms with Gasteiger partial charge in [-0.05, 0) is 37.7 Å². The highest BCUT2D eigenvalue weighted by atomic mass is 32.1. The Kier molecular flexibility index (Phi) is 3.29. The van der Waals surface area contributed by atoms with Crippen LogP contribution in [0.5, 0.6) is 5.88 Å². The van der Waals surface area contributed by atoms with Gasteiger partial charge in [-0.3, -0.25) is 0 Å². The summed E-state index contributed by atoms with van der Waals surface area (Å²) in [5.41, 5.74) is 3.43. The number of fused-ring (bicyclic) bond motifs is 1. The molecule has 0 radical (unpaired) electrons. The van der Waals surface area contributed by atoms with Gasteiger partial charge in [0.2, 0.25) is 11.0 Å². The molecule has 0 bridgehead atoms. The number of H-pyrrole nitrogens is 1. The van der Waals surface area contributed by atoms with Gasteiger partial charge >= 0.3 is 0 Å². The number of thiocarbonyl (C=S) groups is 1. The molecule has 2 aromatic rings. The molecule has 1 heterocycles. The maximum absolute atomic E-state index is 9.86. The lowest BCUT2D eigenvalue weighted by Crippen LogP contribution is -2.11. The first kappa shape index (κ1) is 12.5. The molecule has 0 unspecified atom stereocenters. The number of rotatable bonds is 1. The largest absolute Gasteiger partial charge is 0.493 e. The molecule has 6 heteroatoms. The predicted molar refractivity (Wildman–Crippen MR) is 75.6 cm³/mol. The van der Waals surface area contributed by atoms with Crippen molar-refractivity contribution in [3.63, 3.8) is 0 Å². The molecule has 0 aliphatic carbocycles. The summed E-state index contributed by atoms with van der Waals surface area (Å²) in [6.45, 7) is 3.97. The molecular formula is C12H14N4OS. The molecule has 1 aromatic heterocycles. The van der Waals surface area contributed by atoms with E-state index in [0.29, 0.717) is 5.69 Å². The SMILES string of the molecule is CNC(=S)N=Nc1c(O)[nH]c2c(C)cc(C)cc12. The fourth-order valence-corrected chi connectivity index (χ4v) is 1.91. The van der Waals surface area contributed by atoms with Gasteiger partial charge < -0.3 is 15.4 Å². The van der Waals surface area contributed by atoms with Crippen LogP contribution in [-0.2, 0) is 0 Å². The first-order valence-electron chi connectivity index (χ1n) is 5.48. The highest BCUT2D eigenvalue weighted by molar-refractivity contribution is 7.80. The average molecular weight is 262 g/mol. The summed E-state index contributed by atoms with van der Waals surface area (Å²) in [5, 5.41) is 21.5. The van der Waals surface area contributed by atoms with Crippen molar-refractivity contribution in [3.8, 4) is 5.88 Å². The molecule has 1 aromatic carbocycles. The third-order valence-corrected chi connectivity index (χ3v) is 2.94. The van der Waals surface area contributed by atoms with E-state index >= 15 is 0 Å². The standard InChI is InChI=1S/C12H14N4OS/c1-6-4-7(2)9-8(5-6)10(11(17)14-9)15-16-12(18)13-3/h4-5,14,17H,1-3H3,(H,13,18). The van der Waals surface area contributed by atoms with Crippen molar-refractivity contribution in [2.24, 2.45) is 10.2 Å². The van der Waals surface area contributed by atoms with Crippen LogP contribution in [0.3, 0.4) is 0 Å². The van der Waals surface area contributed by atoms with Gasteiger partial charge in [0.25, 0.3) is 0 Å². The smallest absolute Gasteiger partial charge is 0.218 e. The molecule has 0 aliphatic heterocycles. The van der Waals surface area contributed by atoms with Gasteiger partial charge in [0.1, 0.15) is 0 Å². The van der Waals surface area contributed by atoms with Crippen LogP contribution in [0.25, 0.3) is 10.9 Å². The number of aromatic hydroxyl groups is 1. The van der Waals surface area contributed by atoms with Crippen LogP contribution >= 0.6 is 12.2 Å². The zero-order chi connectivity index (χ0) is 13.3. The number of azo groups is 1. The number of benzene rings is 1. The Morgan fingerprint density at radius 2 is 2.11 bits per heavy atom. The molecule has 3 N–H and O–H groups in total. The predicted octanol–water partition coefficient (Wildman–Crippen LogP) is 3.08. The maximum atomic E-state index is 9.86. The van der Waals surface area contributed by atoms with E-state index in [4.69, 9.17) is 12.2 Å². The first-order chi connectivity index (χ1) is 8.52. The third kappa shape index (κ3) is 2.19. The van der Waals surface area contributed by atoms with E-state index in [2.05, 4.69) is 20.5 Å². The van der Waals surface area contributed by atoms with E-state index in [1.807, 2.05) is 26.0 Å². The van der Waals surface area contributed by atoms with Crippen LogP contribution in [0.2, 0.25) is 0 Å². The summed E-state index contributed by atoms with van der Waals surface area (Å²) in [5.74, 6) is 0.00125. The summed E-state index contributed by atoms with van der Waals surface area (Å²) < 4.78 is 0. The second-order valence-corrected chi connectivity index (χ2v) is 4.47. The van der Waals surface area contributed by atoms with Crippen molar-refractivity contribution < 1.29 is 5.11 Å². The summed E-state index contributed by atoms with van der Waals surface area (Å²) in [4.78, 5) is 2.90. The van der Waals surface area contributed by atoms with Gasteiger partial charge in [-0.2, -0.15) is 0 Å². The molecular weight excluding hydrogens is 248 g/mol. The minimum Gasteiger partial charge on any atom is -0.493 e. The quantitative estimate of drug-likeness (QED) is 0.546. The lowest BCUT2D eigenvalue weighted by molar-refractivity contribution is 0.459. The molecule has 0 saturated heterocycles. The maximum Gasteiger partial charge on any atom is 0.218 e. The van der Waals surface area contributed by atoms with Gasteiger partial charge in [0, 0.05) is 12.4 Å². The second kappa shape index (κ2) is 4.73. The Bertz CT molecular complexity index is 645. The molecule has 0 aliphatic rings. The molecule has 0 saturated carbocycles. The van der Waals surface area contributed by atoms with Crippen LogP contribution in [0.4, 0.5) is 5.69 Å². The van der Waals surface area contributed by atoms with Gasteiger partial charge in [0.15, 0.2) is 5.69 Å². The lowest BCUT2D eigenvalue weighted by atomic mass is 10.1. The average Bonchev–Trinajstić information content (AvgIpc) is 2.63. The Morgan fingerprint density at radius 3 is 2.78 bits per heavy atom. The molecule has 0 spiro atoms. The molecule has 0 amide bonds. The van der Waals surface area contributed by atoms with Crippen molar-refractivity contribution >= 4 is 33.9 Å². The summed E-state index contributed by atoms with van der Waals surface area (Å²) in [7, 11) is 1.67. The molecule has 0 fully saturated rings. The molecule has 0 atom stereocenters. The number of hydrogen-bond acceptors (Lipinski definition) is 3. The number of nitrogens with one attached hydrogen (secondary N) is 2. The number of aromatic amines is 1. The monoisotopic (exact) mass is 262 g/mol. The summed E-state index contributed by atoms with van der Waals surface area (Å²) in [6, 6.07) is 3.99. The van der Waals surface area contributed by atoms with Gasteiger partial charge in [0.05, 0.1) is 5.52 Å². The number of hydrogen-bond donors (Lipinski definition) is 3. The number of aromatic nitrogens is 1. The van der Waals surface area contributed by atoms with Gasteiger partial charge in [-0.15, -0.1) is 10.2 Å². The first-order valence-corrected chi connectivity index (χ1v) is 5.89. The highest BCUT2D eigenvalue weighted by Crippen LogP contribution is 2.37. The van der Waals surface area contributed by atoms with E-state index < -0.39 is 0 Å². The normalized spacial score (nSPS) is 11.3. The molecule has 2 rings (SSSR count). The van der Waals surface area contributed by atoms with Crippen molar-refractivity contribution in [3.05, 3.63) is 23.3 Å². The zero-order valence-corrected chi connectivity index (χ0v) is 11.2. The number of aryl methyl sites for hydroxylation is 2. The van der Waals surface area contributed by atoms with Crippen LogP contribution in [-0.4, -0.2) is 22.3 Å². The lowest BCUT2D eigenvalue weighted by Gasteiger charge is -1.98. The van der Waals surface area contributed by atoms with Crippen LogP contribution in [0.1, 0.15) is 11.1 Å². The van der Waals surface area contributed by atoms with Gasteiger partial charge in [-0.25, -0.2) is 0 Å². The highest BCUT2D eigenvalue weighted by Gasteiger charge is 2.12. The van der Waals surface area contributed by atoms with Crippen LogP contribution in [0.15, 0.2) is 22.4 Å². The van der Waals surface area contributed by atoms with E-state index in [1.54, 1.807) is 7.05 Å². The van der Waals surface area contributed by atoms with Crippen LogP contribution in [0, 0.1) is 13.8 Å². The van der Waals surface area contributed by atoms with E-state index in [1.165, 1.54) is 0 Å². The topological polar surface area (TPSA) is 72.8 Å². The third-order valence-electron chi connectivity index (χ3n) is 2.66. The number of nitrogens with zero attached hydrogens (tertiary/aromatic N) is 2. The summed E-state index contributed by atoms with van der Waals surface area (Å²) in [6.07, 6.45) is 0.